The van der Waals surface area contributed by atoms with Gasteiger partial charge in [0.2, 0.25) is 15.9 Å². The summed E-state index contributed by atoms with van der Waals surface area (Å²) in [6, 6.07) is 1.87. The second-order valence-electron chi connectivity index (χ2n) is 4.96. The molecule has 23 heavy (non-hydrogen) atoms. The lowest BCUT2D eigenvalue weighted by Gasteiger charge is -2.30. The molecule has 2 aromatic rings. The predicted molar refractivity (Wildman–Crippen MR) is 77.5 cm³/mol. The van der Waals surface area contributed by atoms with E-state index in [2.05, 4.69) is 19.6 Å². The molecule has 9 nitrogen and oxygen atoms in total. The fourth-order valence-corrected chi connectivity index (χ4v) is 3.65. The molecule has 3 heterocycles. The lowest BCUT2D eigenvalue weighted by molar-refractivity contribution is 0.128. The van der Waals surface area contributed by atoms with Crippen molar-refractivity contribution in [1.82, 2.24) is 19.4 Å². The van der Waals surface area contributed by atoms with Crippen LogP contribution < -0.4 is 9.47 Å². The first-order valence-corrected chi connectivity index (χ1v) is 8.47. The van der Waals surface area contributed by atoms with Crippen LogP contribution in [0.4, 0.5) is 0 Å². The van der Waals surface area contributed by atoms with Gasteiger partial charge >= 0.3 is 6.01 Å². The number of piperidine rings is 1. The Bertz CT molecular complexity index is 741. The molecule has 1 aliphatic rings. The summed E-state index contributed by atoms with van der Waals surface area (Å²) in [5, 5.41) is 3.44. The van der Waals surface area contributed by atoms with E-state index in [0.717, 1.165) is 6.26 Å². The maximum atomic E-state index is 12.3. The van der Waals surface area contributed by atoms with Crippen LogP contribution in [0.1, 0.15) is 12.8 Å². The highest BCUT2D eigenvalue weighted by atomic mass is 32.2. The number of rotatable bonds is 5. The highest BCUT2D eigenvalue weighted by molar-refractivity contribution is 7.89. The second-order valence-corrected chi connectivity index (χ2v) is 6.90. The topological polar surface area (TPSA) is 108 Å². The standard InChI is InChI=1S/C13H16N4O5S/c1-20-13-14-5-2-12(16-13)22-10-3-6-17(7-4-10)23(18,19)11-8-15-21-9-11/h2,5,8-10H,3-4,6-7H2,1H3. The Morgan fingerprint density at radius 1 is 1.35 bits per heavy atom. The molecule has 0 unspecified atom stereocenters. The van der Waals surface area contributed by atoms with E-state index in [-0.39, 0.29) is 17.0 Å². The van der Waals surface area contributed by atoms with E-state index in [1.807, 2.05) is 0 Å². The summed E-state index contributed by atoms with van der Waals surface area (Å²) >= 11 is 0. The SMILES string of the molecule is COc1nccc(OC2CCN(S(=O)(=O)c3cnoc3)CC2)n1. The molecule has 0 aliphatic carbocycles. The number of nitrogens with zero attached hydrogens (tertiary/aromatic N) is 4. The summed E-state index contributed by atoms with van der Waals surface area (Å²) in [5.74, 6) is 0.414. The molecule has 0 bridgehead atoms. The van der Waals surface area contributed by atoms with Crippen molar-refractivity contribution in [3.63, 3.8) is 0 Å². The molecule has 0 atom stereocenters. The average molecular weight is 340 g/mol. The van der Waals surface area contributed by atoms with E-state index in [1.165, 1.54) is 17.6 Å². The fourth-order valence-electron chi connectivity index (χ4n) is 2.32. The minimum atomic E-state index is -3.55. The molecule has 1 aliphatic heterocycles. The van der Waals surface area contributed by atoms with E-state index in [4.69, 9.17) is 9.47 Å². The zero-order valence-electron chi connectivity index (χ0n) is 12.5. The summed E-state index contributed by atoms with van der Waals surface area (Å²) in [7, 11) is -2.07. The third-order valence-corrected chi connectivity index (χ3v) is 5.37. The summed E-state index contributed by atoms with van der Waals surface area (Å²) in [6.07, 6.45) is 4.90. The van der Waals surface area contributed by atoms with Crippen LogP contribution >= 0.6 is 0 Å². The van der Waals surface area contributed by atoms with Gasteiger partial charge in [-0.2, -0.15) is 9.29 Å². The minimum Gasteiger partial charge on any atom is -0.474 e. The van der Waals surface area contributed by atoms with Crippen molar-refractivity contribution in [3.05, 3.63) is 24.7 Å². The molecular weight excluding hydrogens is 324 g/mol. The summed E-state index contributed by atoms with van der Waals surface area (Å²) < 4.78 is 41.4. The molecule has 10 heteroatoms. The van der Waals surface area contributed by atoms with Gasteiger partial charge in [-0.15, -0.1) is 0 Å². The summed E-state index contributed by atoms with van der Waals surface area (Å²) in [6.45, 7) is 0.723. The maximum absolute atomic E-state index is 12.3. The molecule has 2 aromatic heterocycles. The molecule has 1 fully saturated rings. The van der Waals surface area contributed by atoms with Gasteiger partial charge in [0.25, 0.3) is 0 Å². The Balaban J connectivity index is 1.60. The molecule has 124 valence electrons. The van der Waals surface area contributed by atoms with Gasteiger partial charge in [0.1, 0.15) is 17.3 Å². The van der Waals surface area contributed by atoms with Crippen molar-refractivity contribution in [3.8, 4) is 11.9 Å². The lowest BCUT2D eigenvalue weighted by atomic mass is 10.1. The highest BCUT2D eigenvalue weighted by Crippen LogP contribution is 2.23. The molecule has 0 spiro atoms. The Labute approximate surface area is 133 Å². The van der Waals surface area contributed by atoms with E-state index < -0.39 is 10.0 Å². The molecular formula is C13H16N4O5S. The van der Waals surface area contributed by atoms with Gasteiger partial charge in [-0.25, -0.2) is 13.4 Å². The molecule has 0 radical (unpaired) electrons. The van der Waals surface area contributed by atoms with Crippen molar-refractivity contribution >= 4 is 10.0 Å². The third-order valence-electron chi connectivity index (χ3n) is 3.53. The van der Waals surface area contributed by atoms with Crippen LogP contribution in [0, 0.1) is 0 Å². The quantitative estimate of drug-likeness (QED) is 0.783. The Kier molecular flexibility index (Phi) is 4.44. The van der Waals surface area contributed by atoms with E-state index >= 15 is 0 Å². The smallest absolute Gasteiger partial charge is 0.319 e. The zero-order chi connectivity index (χ0) is 16.3. The van der Waals surface area contributed by atoms with Crippen molar-refractivity contribution < 1.29 is 22.4 Å². The predicted octanol–water partition coefficient (Wildman–Crippen LogP) is 0.705. The molecule has 3 rings (SSSR count). The Morgan fingerprint density at radius 2 is 2.13 bits per heavy atom. The molecule has 0 amide bonds. The molecule has 0 aromatic carbocycles. The van der Waals surface area contributed by atoms with Crippen molar-refractivity contribution in [2.75, 3.05) is 20.2 Å². The van der Waals surface area contributed by atoms with Gasteiger partial charge in [0, 0.05) is 25.4 Å². The third kappa shape index (κ3) is 3.42. The Hall–Kier alpha value is -2.20. The van der Waals surface area contributed by atoms with Gasteiger partial charge in [0.05, 0.1) is 13.3 Å². The van der Waals surface area contributed by atoms with Gasteiger partial charge in [0.15, 0.2) is 0 Å². The normalized spacial score (nSPS) is 17.1. The first-order chi connectivity index (χ1) is 11.1. The van der Waals surface area contributed by atoms with Crippen LogP contribution in [-0.2, 0) is 10.0 Å². The van der Waals surface area contributed by atoms with Crippen LogP contribution in [0.25, 0.3) is 0 Å². The van der Waals surface area contributed by atoms with E-state index in [9.17, 15) is 8.42 Å². The molecule has 0 N–H and O–H groups in total. The van der Waals surface area contributed by atoms with Gasteiger partial charge < -0.3 is 14.0 Å². The van der Waals surface area contributed by atoms with Gasteiger partial charge in [-0.05, 0) is 12.8 Å². The van der Waals surface area contributed by atoms with Gasteiger partial charge in [-0.1, -0.05) is 5.16 Å². The molecule has 0 saturated carbocycles. The number of sulfonamides is 1. The van der Waals surface area contributed by atoms with Crippen LogP contribution in [0.15, 0.2) is 34.1 Å². The van der Waals surface area contributed by atoms with Crippen molar-refractivity contribution in [2.24, 2.45) is 0 Å². The van der Waals surface area contributed by atoms with Crippen molar-refractivity contribution in [1.29, 1.82) is 0 Å². The van der Waals surface area contributed by atoms with Crippen molar-refractivity contribution in [2.45, 2.75) is 23.8 Å². The monoisotopic (exact) mass is 340 g/mol. The number of aromatic nitrogens is 3. The lowest BCUT2D eigenvalue weighted by Crippen LogP contribution is -2.41. The van der Waals surface area contributed by atoms with Crippen LogP contribution in [0.2, 0.25) is 0 Å². The van der Waals surface area contributed by atoms with E-state index in [0.29, 0.717) is 31.8 Å². The summed E-state index contributed by atoms with van der Waals surface area (Å²) in [4.78, 5) is 8.06. The number of hydrogen-bond donors (Lipinski definition) is 0. The second kappa shape index (κ2) is 6.50. The van der Waals surface area contributed by atoms with Crippen LogP contribution in [-0.4, -0.2) is 54.2 Å². The maximum Gasteiger partial charge on any atom is 0.319 e. The van der Waals surface area contributed by atoms with E-state index in [1.54, 1.807) is 12.3 Å². The average Bonchev–Trinajstić information content (AvgIpc) is 3.11. The Morgan fingerprint density at radius 3 is 2.78 bits per heavy atom. The number of ether oxygens (including phenoxy) is 2. The largest absolute Gasteiger partial charge is 0.474 e. The van der Waals surface area contributed by atoms with Gasteiger partial charge in [-0.3, -0.25) is 0 Å². The first kappa shape index (κ1) is 15.7. The minimum absolute atomic E-state index is 0.0670. The number of hydrogen-bond acceptors (Lipinski definition) is 8. The van der Waals surface area contributed by atoms with Crippen LogP contribution in [0.3, 0.4) is 0 Å². The number of methoxy groups -OCH3 is 1. The first-order valence-electron chi connectivity index (χ1n) is 7.03. The highest BCUT2D eigenvalue weighted by Gasteiger charge is 2.31. The van der Waals surface area contributed by atoms with Crippen LogP contribution in [0.5, 0.6) is 11.9 Å². The molecule has 1 saturated heterocycles. The zero-order valence-corrected chi connectivity index (χ0v) is 13.3. The summed E-state index contributed by atoms with van der Waals surface area (Å²) in [5.41, 5.74) is 0. The fraction of sp³-hybridized carbons (Fsp3) is 0.462.